The first kappa shape index (κ1) is 19.0. The summed E-state index contributed by atoms with van der Waals surface area (Å²) in [6.45, 7) is 4.19. The molecule has 1 aromatic heterocycles. The quantitative estimate of drug-likeness (QED) is 0.521. The average molecular weight is 383 g/mol. The fourth-order valence-electron chi connectivity index (χ4n) is 2.09. The molecule has 134 valence electrons. The van der Waals surface area contributed by atoms with Crippen LogP contribution in [0, 0.1) is 4.77 Å². The standard InChI is InChI=1S/C14H17N5O4S2/c1-3-19(4-2)25(22,23)10-7-5-6-9(8-10)17-18-11-12(20)15-14(24)16-13(11)21/h5-8H,3-4H2,1-2H3,(H3,15,16,20,21,24). The zero-order valence-electron chi connectivity index (χ0n) is 13.6. The molecule has 11 heteroatoms. The zero-order valence-corrected chi connectivity index (χ0v) is 15.2. The van der Waals surface area contributed by atoms with E-state index in [9.17, 15) is 18.3 Å². The Morgan fingerprint density at radius 3 is 2.48 bits per heavy atom. The maximum atomic E-state index is 12.5. The lowest BCUT2D eigenvalue weighted by Crippen LogP contribution is -2.30. The molecule has 0 bridgehead atoms. The van der Waals surface area contributed by atoms with Gasteiger partial charge in [-0.1, -0.05) is 19.9 Å². The van der Waals surface area contributed by atoms with Crippen LogP contribution in [0.15, 0.2) is 44.2 Å². The number of azo groups is 1. The summed E-state index contributed by atoms with van der Waals surface area (Å²) in [5, 5.41) is 17.2. The van der Waals surface area contributed by atoms with Crippen molar-refractivity contribution in [3.8, 4) is 5.88 Å². The molecule has 0 spiro atoms. The van der Waals surface area contributed by atoms with Crippen LogP contribution in [0.2, 0.25) is 0 Å². The Morgan fingerprint density at radius 2 is 1.88 bits per heavy atom. The number of nitrogens with zero attached hydrogens (tertiary/aromatic N) is 3. The Kier molecular flexibility index (Phi) is 5.82. The van der Waals surface area contributed by atoms with Crippen molar-refractivity contribution >= 4 is 33.6 Å². The molecule has 0 atom stereocenters. The van der Waals surface area contributed by atoms with E-state index in [1.54, 1.807) is 13.8 Å². The summed E-state index contributed by atoms with van der Waals surface area (Å²) >= 11 is 4.71. The summed E-state index contributed by atoms with van der Waals surface area (Å²) < 4.78 is 26.3. The second-order valence-corrected chi connectivity index (χ2v) is 7.24. The van der Waals surface area contributed by atoms with Gasteiger partial charge < -0.3 is 10.1 Å². The van der Waals surface area contributed by atoms with E-state index in [2.05, 4.69) is 20.2 Å². The van der Waals surface area contributed by atoms with Gasteiger partial charge in [-0.15, -0.1) is 5.11 Å². The minimum Gasteiger partial charge on any atom is -0.493 e. The monoisotopic (exact) mass is 383 g/mol. The molecular formula is C14H17N5O4S2. The van der Waals surface area contributed by atoms with Gasteiger partial charge in [0.25, 0.3) is 5.56 Å². The molecule has 0 radical (unpaired) electrons. The van der Waals surface area contributed by atoms with Crippen molar-refractivity contribution in [3.63, 3.8) is 0 Å². The first-order chi connectivity index (χ1) is 11.8. The molecule has 0 aliphatic heterocycles. The molecule has 9 nitrogen and oxygen atoms in total. The van der Waals surface area contributed by atoms with Gasteiger partial charge in [-0.3, -0.25) is 9.78 Å². The molecule has 0 fully saturated rings. The van der Waals surface area contributed by atoms with Crippen molar-refractivity contribution < 1.29 is 13.5 Å². The van der Waals surface area contributed by atoms with Gasteiger partial charge >= 0.3 is 0 Å². The summed E-state index contributed by atoms with van der Waals surface area (Å²) in [6.07, 6.45) is 0. The maximum Gasteiger partial charge on any atom is 0.283 e. The van der Waals surface area contributed by atoms with Crippen LogP contribution in [0.5, 0.6) is 5.88 Å². The number of hydrogen-bond acceptors (Lipinski definition) is 7. The molecule has 1 heterocycles. The minimum absolute atomic E-state index is 0.0474. The Balaban J connectivity index is 2.41. The lowest BCUT2D eigenvalue weighted by Gasteiger charge is -2.18. The van der Waals surface area contributed by atoms with E-state index in [0.29, 0.717) is 13.1 Å². The molecule has 2 rings (SSSR count). The van der Waals surface area contributed by atoms with E-state index in [-0.39, 0.29) is 21.0 Å². The molecule has 3 N–H and O–H groups in total. The number of rotatable bonds is 6. The number of sulfonamides is 1. The third-order valence-electron chi connectivity index (χ3n) is 3.32. The van der Waals surface area contributed by atoms with E-state index in [4.69, 9.17) is 12.2 Å². The van der Waals surface area contributed by atoms with E-state index < -0.39 is 21.5 Å². The smallest absolute Gasteiger partial charge is 0.283 e. The molecule has 25 heavy (non-hydrogen) atoms. The SMILES string of the molecule is CCN(CC)S(=O)(=O)c1cccc(N=Nc2c(O)[nH]c(=S)[nH]c2=O)c1. The lowest BCUT2D eigenvalue weighted by atomic mass is 10.3. The molecule has 0 aliphatic rings. The fourth-order valence-corrected chi connectivity index (χ4v) is 3.77. The largest absolute Gasteiger partial charge is 0.493 e. The van der Waals surface area contributed by atoms with Crippen molar-refractivity contribution in [3.05, 3.63) is 39.4 Å². The van der Waals surface area contributed by atoms with Gasteiger partial charge in [0.05, 0.1) is 10.6 Å². The van der Waals surface area contributed by atoms with Crippen LogP contribution in [0.25, 0.3) is 0 Å². The lowest BCUT2D eigenvalue weighted by molar-refractivity contribution is 0.445. The Hall–Kier alpha value is -2.37. The summed E-state index contributed by atoms with van der Waals surface area (Å²) in [5.74, 6) is -0.524. The summed E-state index contributed by atoms with van der Waals surface area (Å²) in [7, 11) is -3.63. The molecular weight excluding hydrogens is 366 g/mol. The molecule has 0 saturated heterocycles. The highest BCUT2D eigenvalue weighted by molar-refractivity contribution is 7.89. The molecule has 0 saturated carbocycles. The number of hydrogen-bond donors (Lipinski definition) is 3. The van der Waals surface area contributed by atoms with Crippen LogP contribution in [0.1, 0.15) is 13.8 Å². The van der Waals surface area contributed by atoms with Crippen LogP contribution in [0.4, 0.5) is 11.4 Å². The zero-order chi connectivity index (χ0) is 18.6. The van der Waals surface area contributed by atoms with Gasteiger partial charge in [-0.05, 0) is 30.4 Å². The van der Waals surface area contributed by atoms with Crippen molar-refractivity contribution in [1.29, 1.82) is 0 Å². The minimum atomic E-state index is -3.63. The molecule has 2 aromatic rings. The summed E-state index contributed by atoms with van der Waals surface area (Å²) in [5.41, 5.74) is -0.850. The Bertz CT molecular complexity index is 1010. The number of H-pyrrole nitrogens is 2. The third-order valence-corrected chi connectivity index (χ3v) is 5.57. The fraction of sp³-hybridized carbons (Fsp3) is 0.286. The van der Waals surface area contributed by atoms with Crippen LogP contribution < -0.4 is 5.56 Å². The van der Waals surface area contributed by atoms with E-state index >= 15 is 0 Å². The van der Waals surface area contributed by atoms with Crippen LogP contribution in [-0.2, 0) is 10.0 Å². The van der Waals surface area contributed by atoms with Gasteiger partial charge in [0.2, 0.25) is 21.6 Å². The van der Waals surface area contributed by atoms with Crippen molar-refractivity contribution in [1.82, 2.24) is 14.3 Å². The average Bonchev–Trinajstić information content (AvgIpc) is 2.55. The van der Waals surface area contributed by atoms with Gasteiger partial charge in [0, 0.05) is 13.1 Å². The third kappa shape index (κ3) is 4.18. The van der Waals surface area contributed by atoms with Crippen LogP contribution in [-0.4, -0.2) is 40.9 Å². The predicted octanol–water partition coefficient (Wildman–Crippen LogP) is 2.58. The van der Waals surface area contributed by atoms with Gasteiger partial charge in [-0.25, -0.2) is 8.42 Å². The topological polar surface area (TPSA) is 131 Å². The van der Waals surface area contributed by atoms with Gasteiger partial charge in [0.15, 0.2) is 4.77 Å². The summed E-state index contributed by atoms with van der Waals surface area (Å²) in [4.78, 5) is 16.4. The normalized spacial score (nSPS) is 12.1. The van der Waals surface area contributed by atoms with Crippen LogP contribution >= 0.6 is 12.2 Å². The first-order valence-corrected chi connectivity index (χ1v) is 9.22. The number of aromatic amines is 2. The number of benzene rings is 1. The van der Waals surface area contributed by atoms with Crippen molar-refractivity contribution in [2.45, 2.75) is 18.7 Å². The molecule has 0 aliphatic carbocycles. The van der Waals surface area contributed by atoms with Gasteiger partial charge in [0.1, 0.15) is 0 Å². The highest BCUT2D eigenvalue weighted by Gasteiger charge is 2.21. The number of aromatic hydroxyl groups is 1. The summed E-state index contributed by atoms with van der Waals surface area (Å²) in [6, 6.07) is 5.85. The first-order valence-electron chi connectivity index (χ1n) is 7.37. The highest BCUT2D eigenvalue weighted by Crippen LogP contribution is 2.24. The van der Waals surface area contributed by atoms with E-state index in [1.807, 2.05) is 0 Å². The number of aromatic nitrogens is 2. The van der Waals surface area contributed by atoms with Crippen LogP contribution in [0.3, 0.4) is 0 Å². The Morgan fingerprint density at radius 1 is 1.20 bits per heavy atom. The molecule has 0 unspecified atom stereocenters. The predicted molar refractivity (Wildman–Crippen MR) is 94.6 cm³/mol. The maximum absolute atomic E-state index is 12.5. The van der Waals surface area contributed by atoms with Crippen molar-refractivity contribution in [2.75, 3.05) is 13.1 Å². The van der Waals surface area contributed by atoms with Gasteiger partial charge in [-0.2, -0.15) is 9.42 Å². The second kappa shape index (κ2) is 7.68. The van der Waals surface area contributed by atoms with E-state index in [0.717, 1.165) is 0 Å². The molecule has 1 aromatic carbocycles. The number of nitrogens with one attached hydrogen (secondary N) is 2. The van der Waals surface area contributed by atoms with Crippen molar-refractivity contribution in [2.24, 2.45) is 10.2 Å². The Labute approximate surface area is 149 Å². The second-order valence-electron chi connectivity index (χ2n) is 4.89. The van der Waals surface area contributed by atoms with E-state index in [1.165, 1.54) is 28.6 Å². The molecule has 0 amide bonds. The highest BCUT2D eigenvalue weighted by atomic mass is 32.2.